The summed E-state index contributed by atoms with van der Waals surface area (Å²) in [7, 11) is 2.14. The van der Waals surface area contributed by atoms with Crippen LogP contribution in [0.4, 0.5) is 11.4 Å². The standard InChI is InChI=1S/C32H27N/c1-24-10-9-13-28(22-24)26-16-18-27(19-17-26)31-23-29(25-11-5-3-6-12-25)20-21-32(31)33(2)30-14-7-4-8-15-30/h3-23H,1-2H3. The Labute approximate surface area is 196 Å². The second-order valence-corrected chi connectivity index (χ2v) is 8.44. The summed E-state index contributed by atoms with van der Waals surface area (Å²) in [5, 5.41) is 0. The third-order valence-corrected chi connectivity index (χ3v) is 6.16. The van der Waals surface area contributed by atoms with Crippen LogP contribution in [0, 0.1) is 6.92 Å². The second-order valence-electron chi connectivity index (χ2n) is 8.44. The first kappa shape index (κ1) is 20.8. The Balaban J connectivity index is 1.60. The molecule has 0 bridgehead atoms. The summed E-state index contributed by atoms with van der Waals surface area (Å²) in [6, 6.07) is 45.5. The Morgan fingerprint density at radius 3 is 1.70 bits per heavy atom. The molecule has 0 aliphatic rings. The van der Waals surface area contributed by atoms with E-state index < -0.39 is 0 Å². The van der Waals surface area contributed by atoms with Gasteiger partial charge in [0.05, 0.1) is 0 Å². The quantitative estimate of drug-likeness (QED) is 0.272. The fourth-order valence-electron chi connectivity index (χ4n) is 4.33. The molecule has 0 radical (unpaired) electrons. The number of hydrogen-bond donors (Lipinski definition) is 0. The minimum absolute atomic E-state index is 1.17. The molecule has 5 aromatic rings. The van der Waals surface area contributed by atoms with Crippen LogP contribution in [0.5, 0.6) is 0 Å². The van der Waals surface area contributed by atoms with Crippen LogP contribution in [0.3, 0.4) is 0 Å². The minimum atomic E-state index is 1.17. The molecule has 0 amide bonds. The Morgan fingerprint density at radius 1 is 0.455 bits per heavy atom. The summed E-state index contributed by atoms with van der Waals surface area (Å²) in [6.45, 7) is 2.14. The lowest BCUT2D eigenvalue weighted by Gasteiger charge is -2.24. The number of benzene rings is 5. The molecule has 0 heterocycles. The van der Waals surface area contributed by atoms with E-state index in [1.807, 2.05) is 0 Å². The van der Waals surface area contributed by atoms with Crippen molar-refractivity contribution in [2.75, 3.05) is 11.9 Å². The Morgan fingerprint density at radius 2 is 1.00 bits per heavy atom. The van der Waals surface area contributed by atoms with Crippen molar-refractivity contribution in [3.63, 3.8) is 0 Å². The van der Waals surface area contributed by atoms with E-state index in [2.05, 4.69) is 146 Å². The number of aryl methyl sites for hydroxylation is 1. The highest BCUT2D eigenvalue weighted by Crippen LogP contribution is 2.38. The van der Waals surface area contributed by atoms with E-state index in [0.717, 1.165) is 0 Å². The zero-order valence-corrected chi connectivity index (χ0v) is 19.1. The highest BCUT2D eigenvalue weighted by atomic mass is 15.1. The van der Waals surface area contributed by atoms with Gasteiger partial charge in [-0.15, -0.1) is 0 Å². The van der Waals surface area contributed by atoms with Crippen molar-refractivity contribution in [1.82, 2.24) is 0 Å². The number of nitrogens with zero attached hydrogens (tertiary/aromatic N) is 1. The molecule has 0 aliphatic carbocycles. The molecule has 160 valence electrons. The smallest absolute Gasteiger partial charge is 0.0488 e. The highest BCUT2D eigenvalue weighted by Gasteiger charge is 2.13. The van der Waals surface area contributed by atoms with Gasteiger partial charge in [-0.2, -0.15) is 0 Å². The molecule has 0 spiro atoms. The van der Waals surface area contributed by atoms with Gasteiger partial charge in [-0.25, -0.2) is 0 Å². The predicted octanol–water partition coefficient (Wildman–Crippen LogP) is 8.76. The van der Waals surface area contributed by atoms with Gasteiger partial charge in [0, 0.05) is 24.0 Å². The van der Waals surface area contributed by atoms with E-state index >= 15 is 0 Å². The summed E-state index contributed by atoms with van der Waals surface area (Å²) in [4.78, 5) is 2.26. The molecule has 0 aliphatic heterocycles. The topological polar surface area (TPSA) is 3.24 Å². The van der Waals surface area contributed by atoms with Gasteiger partial charge in [-0.3, -0.25) is 0 Å². The molecule has 0 N–H and O–H groups in total. The number of anilines is 2. The first-order valence-electron chi connectivity index (χ1n) is 11.3. The molecule has 0 saturated carbocycles. The zero-order chi connectivity index (χ0) is 22.6. The van der Waals surface area contributed by atoms with Crippen molar-refractivity contribution >= 4 is 11.4 Å². The summed E-state index contributed by atoms with van der Waals surface area (Å²) in [6.07, 6.45) is 0. The minimum Gasteiger partial charge on any atom is -0.344 e. The molecule has 0 saturated heterocycles. The average Bonchev–Trinajstić information content (AvgIpc) is 2.89. The maximum absolute atomic E-state index is 2.31. The average molecular weight is 426 g/mol. The first-order chi connectivity index (χ1) is 16.2. The molecule has 1 nitrogen and oxygen atoms in total. The Bertz CT molecular complexity index is 1350. The Hall–Kier alpha value is -4.10. The maximum atomic E-state index is 2.31. The fraction of sp³-hybridized carbons (Fsp3) is 0.0625. The van der Waals surface area contributed by atoms with Crippen molar-refractivity contribution < 1.29 is 0 Å². The van der Waals surface area contributed by atoms with Crippen LogP contribution in [0.1, 0.15) is 5.56 Å². The third-order valence-electron chi connectivity index (χ3n) is 6.16. The SMILES string of the molecule is Cc1cccc(-c2ccc(-c3cc(-c4ccccc4)ccc3N(C)c3ccccc3)cc2)c1. The molecule has 5 rings (SSSR count). The zero-order valence-electron chi connectivity index (χ0n) is 19.1. The number of hydrogen-bond acceptors (Lipinski definition) is 1. The van der Waals surface area contributed by atoms with E-state index in [9.17, 15) is 0 Å². The van der Waals surface area contributed by atoms with E-state index in [4.69, 9.17) is 0 Å². The molecule has 33 heavy (non-hydrogen) atoms. The molecule has 0 aromatic heterocycles. The van der Waals surface area contributed by atoms with Gasteiger partial charge in [0.1, 0.15) is 0 Å². The van der Waals surface area contributed by atoms with Gasteiger partial charge in [0.15, 0.2) is 0 Å². The lowest BCUT2D eigenvalue weighted by molar-refractivity contribution is 1.21. The molecule has 5 aromatic carbocycles. The van der Waals surface area contributed by atoms with Gasteiger partial charge in [0.2, 0.25) is 0 Å². The maximum Gasteiger partial charge on any atom is 0.0488 e. The number of para-hydroxylation sites is 1. The largest absolute Gasteiger partial charge is 0.344 e. The van der Waals surface area contributed by atoms with E-state index in [0.29, 0.717) is 0 Å². The van der Waals surface area contributed by atoms with Crippen LogP contribution in [0.2, 0.25) is 0 Å². The van der Waals surface area contributed by atoms with Crippen LogP contribution in [0.15, 0.2) is 127 Å². The molecular weight excluding hydrogens is 398 g/mol. The molecule has 1 heteroatoms. The van der Waals surface area contributed by atoms with Crippen molar-refractivity contribution in [1.29, 1.82) is 0 Å². The lowest BCUT2D eigenvalue weighted by atomic mass is 9.95. The van der Waals surface area contributed by atoms with Crippen LogP contribution >= 0.6 is 0 Å². The van der Waals surface area contributed by atoms with Gasteiger partial charge in [-0.1, -0.05) is 109 Å². The second kappa shape index (κ2) is 9.18. The van der Waals surface area contributed by atoms with Gasteiger partial charge in [0.25, 0.3) is 0 Å². The normalized spacial score (nSPS) is 10.7. The van der Waals surface area contributed by atoms with E-state index in [1.54, 1.807) is 0 Å². The van der Waals surface area contributed by atoms with Crippen LogP contribution in [-0.4, -0.2) is 7.05 Å². The van der Waals surface area contributed by atoms with Crippen molar-refractivity contribution in [2.24, 2.45) is 0 Å². The van der Waals surface area contributed by atoms with Gasteiger partial charge < -0.3 is 4.90 Å². The summed E-state index contributed by atoms with van der Waals surface area (Å²) < 4.78 is 0. The monoisotopic (exact) mass is 425 g/mol. The lowest BCUT2D eigenvalue weighted by Crippen LogP contribution is -2.10. The third kappa shape index (κ3) is 4.44. The van der Waals surface area contributed by atoms with Gasteiger partial charge >= 0.3 is 0 Å². The number of rotatable bonds is 5. The Kier molecular flexibility index (Phi) is 5.78. The summed E-state index contributed by atoms with van der Waals surface area (Å²) in [5.74, 6) is 0. The highest BCUT2D eigenvalue weighted by molar-refractivity contribution is 5.87. The van der Waals surface area contributed by atoms with E-state index in [-0.39, 0.29) is 0 Å². The summed E-state index contributed by atoms with van der Waals surface area (Å²) >= 11 is 0. The molecular formula is C32H27N. The van der Waals surface area contributed by atoms with Crippen LogP contribution in [-0.2, 0) is 0 Å². The fourth-order valence-corrected chi connectivity index (χ4v) is 4.33. The first-order valence-corrected chi connectivity index (χ1v) is 11.3. The van der Waals surface area contributed by atoms with Crippen LogP contribution in [0.25, 0.3) is 33.4 Å². The predicted molar refractivity (Wildman–Crippen MR) is 142 cm³/mol. The van der Waals surface area contributed by atoms with E-state index in [1.165, 1.54) is 50.3 Å². The van der Waals surface area contributed by atoms with Gasteiger partial charge in [-0.05, 0) is 59.0 Å². The summed E-state index contributed by atoms with van der Waals surface area (Å²) in [5.41, 5.74) is 11.0. The molecule has 0 unspecified atom stereocenters. The molecule has 0 fully saturated rings. The van der Waals surface area contributed by atoms with Crippen molar-refractivity contribution in [2.45, 2.75) is 6.92 Å². The molecule has 0 atom stereocenters. The van der Waals surface area contributed by atoms with Crippen molar-refractivity contribution in [3.8, 4) is 33.4 Å². The van der Waals surface area contributed by atoms with Crippen LogP contribution < -0.4 is 4.90 Å². The van der Waals surface area contributed by atoms with Crippen molar-refractivity contribution in [3.05, 3.63) is 133 Å².